The quantitative estimate of drug-likeness (QED) is 0.565. The Bertz CT molecular complexity index is 1020. The van der Waals surface area contributed by atoms with Crippen molar-refractivity contribution in [1.29, 1.82) is 0 Å². The lowest BCUT2D eigenvalue weighted by atomic mass is 9.83. The highest BCUT2D eigenvalue weighted by molar-refractivity contribution is 6.05. The van der Waals surface area contributed by atoms with Gasteiger partial charge in [0.25, 0.3) is 0 Å². The summed E-state index contributed by atoms with van der Waals surface area (Å²) < 4.78 is 6.14. The number of aromatic nitrogens is 2. The van der Waals surface area contributed by atoms with Crippen molar-refractivity contribution >= 4 is 33.9 Å². The molecule has 3 heterocycles. The number of fused-ring (bicyclic) bond motifs is 3. The normalized spacial score (nSPS) is 14.9. The number of furan rings is 1. The van der Waals surface area contributed by atoms with Crippen LogP contribution in [0.2, 0.25) is 0 Å². The number of nitrogens with zero attached hydrogens (tertiary/aromatic N) is 3. The second-order valence-corrected chi connectivity index (χ2v) is 8.85. The molecule has 1 aliphatic heterocycles. The second-order valence-electron chi connectivity index (χ2n) is 8.85. The van der Waals surface area contributed by atoms with Gasteiger partial charge in [0.2, 0.25) is 0 Å². The number of aliphatic carboxylic acids is 1. The number of rotatable bonds is 8. The van der Waals surface area contributed by atoms with Crippen LogP contribution in [0.4, 0.5) is 5.82 Å². The lowest BCUT2D eigenvalue weighted by Crippen LogP contribution is -2.20. The average Bonchev–Trinajstić information content (AvgIpc) is 3.34. The number of aryl methyl sites for hydroxylation is 1. The van der Waals surface area contributed by atoms with Crippen LogP contribution in [0.3, 0.4) is 0 Å². The molecule has 0 bridgehead atoms. The molecule has 1 aromatic carbocycles. The van der Waals surface area contributed by atoms with Gasteiger partial charge in [0, 0.05) is 31.3 Å². The Balaban J connectivity index is 1.59. The van der Waals surface area contributed by atoms with Crippen LogP contribution in [-0.4, -0.2) is 34.1 Å². The van der Waals surface area contributed by atoms with Gasteiger partial charge < -0.3 is 14.4 Å². The van der Waals surface area contributed by atoms with Gasteiger partial charge in [0.05, 0.1) is 0 Å². The number of benzene rings is 1. The maximum absolute atomic E-state index is 10.9. The molecule has 0 spiro atoms. The standard InChI is InChI=1S/C23H29N3O3/c1-23(2,13-11-19(27)28)12-7-10-18-24-20-16-8-3-4-9-17(16)29-21(20)22(25-18)26-14-5-6-15-26/h3-4,8-9H,5-7,10-15H2,1-2H3,(H,27,28). The van der Waals surface area contributed by atoms with Gasteiger partial charge in [0.15, 0.2) is 11.4 Å². The predicted octanol–water partition coefficient (Wildman–Crippen LogP) is 5.19. The first-order valence-electron chi connectivity index (χ1n) is 10.6. The van der Waals surface area contributed by atoms with Gasteiger partial charge in [-0.1, -0.05) is 26.0 Å². The minimum atomic E-state index is -0.728. The molecular formula is C23H29N3O3. The van der Waals surface area contributed by atoms with E-state index in [1.165, 1.54) is 12.8 Å². The smallest absolute Gasteiger partial charge is 0.303 e. The van der Waals surface area contributed by atoms with E-state index in [-0.39, 0.29) is 11.8 Å². The Morgan fingerprint density at radius 2 is 1.93 bits per heavy atom. The van der Waals surface area contributed by atoms with E-state index in [1.54, 1.807) is 0 Å². The molecule has 0 saturated carbocycles. The predicted molar refractivity (Wildman–Crippen MR) is 114 cm³/mol. The number of carboxylic acid groups (broad SMARTS) is 1. The van der Waals surface area contributed by atoms with E-state index in [4.69, 9.17) is 19.5 Å². The summed E-state index contributed by atoms with van der Waals surface area (Å²) in [6.45, 7) is 6.29. The first-order chi connectivity index (χ1) is 13.9. The van der Waals surface area contributed by atoms with Gasteiger partial charge in [-0.25, -0.2) is 9.97 Å². The number of carbonyl (C=O) groups is 1. The van der Waals surface area contributed by atoms with Crippen molar-refractivity contribution in [2.45, 2.75) is 58.8 Å². The van der Waals surface area contributed by atoms with Crippen molar-refractivity contribution in [3.05, 3.63) is 30.1 Å². The van der Waals surface area contributed by atoms with Crippen LogP contribution in [0.5, 0.6) is 0 Å². The number of hydrogen-bond donors (Lipinski definition) is 1. The molecule has 0 aliphatic carbocycles. The summed E-state index contributed by atoms with van der Waals surface area (Å²) in [5, 5.41) is 9.98. The molecular weight excluding hydrogens is 366 g/mol. The van der Waals surface area contributed by atoms with E-state index in [1.807, 2.05) is 18.2 Å². The van der Waals surface area contributed by atoms with Gasteiger partial charge in [-0.3, -0.25) is 4.79 Å². The van der Waals surface area contributed by atoms with E-state index in [0.717, 1.165) is 66.1 Å². The molecule has 0 radical (unpaired) electrons. The molecule has 0 atom stereocenters. The highest BCUT2D eigenvalue weighted by Crippen LogP contribution is 2.35. The van der Waals surface area contributed by atoms with Crippen LogP contribution in [0.1, 0.15) is 58.2 Å². The van der Waals surface area contributed by atoms with E-state index in [0.29, 0.717) is 6.42 Å². The molecule has 0 unspecified atom stereocenters. The van der Waals surface area contributed by atoms with E-state index in [2.05, 4.69) is 24.8 Å². The molecule has 3 aromatic rings. The number of carboxylic acids is 1. The third-order valence-corrected chi connectivity index (χ3v) is 5.92. The summed E-state index contributed by atoms with van der Waals surface area (Å²) in [5.41, 5.74) is 2.54. The zero-order chi connectivity index (χ0) is 20.4. The third-order valence-electron chi connectivity index (χ3n) is 5.92. The van der Waals surface area contributed by atoms with Crippen LogP contribution < -0.4 is 4.90 Å². The minimum absolute atomic E-state index is 0.00259. The molecule has 6 nitrogen and oxygen atoms in total. The first-order valence-corrected chi connectivity index (χ1v) is 10.6. The molecule has 154 valence electrons. The Hall–Kier alpha value is -2.63. The van der Waals surface area contributed by atoms with E-state index in [9.17, 15) is 4.79 Å². The summed E-state index contributed by atoms with van der Waals surface area (Å²) in [6, 6.07) is 8.03. The van der Waals surface area contributed by atoms with Gasteiger partial charge in [-0.2, -0.15) is 0 Å². The lowest BCUT2D eigenvalue weighted by molar-refractivity contribution is -0.137. The monoisotopic (exact) mass is 395 g/mol. The van der Waals surface area contributed by atoms with Crippen molar-refractivity contribution < 1.29 is 14.3 Å². The maximum atomic E-state index is 10.9. The van der Waals surface area contributed by atoms with Crippen molar-refractivity contribution in [2.24, 2.45) is 5.41 Å². The zero-order valence-corrected chi connectivity index (χ0v) is 17.3. The number of anilines is 1. The molecule has 1 fully saturated rings. The van der Waals surface area contributed by atoms with Gasteiger partial charge in [-0.15, -0.1) is 0 Å². The van der Waals surface area contributed by atoms with Gasteiger partial charge in [-0.05, 0) is 49.7 Å². The molecule has 0 amide bonds. The molecule has 1 saturated heterocycles. The van der Waals surface area contributed by atoms with Crippen LogP contribution in [-0.2, 0) is 11.2 Å². The van der Waals surface area contributed by atoms with Gasteiger partial charge in [0.1, 0.15) is 16.9 Å². The first kappa shape index (κ1) is 19.7. The lowest BCUT2D eigenvalue weighted by Gasteiger charge is -2.23. The Morgan fingerprint density at radius 1 is 1.17 bits per heavy atom. The van der Waals surface area contributed by atoms with E-state index < -0.39 is 5.97 Å². The van der Waals surface area contributed by atoms with E-state index >= 15 is 0 Å². The topological polar surface area (TPSA) is 79.5 Å². The zero-order valence-electron chi connectivity index (χ0n) is 17.3. The van der Waals surface area contributed by atoms with Crippen molar-refractivity contribution in [3.8, 4) is 0 Å². The van der Waals surface area contributed by atoms with Crippen molar-refractivity contribution in [2.75, 3.05) is 18.0 Å². The fourth-order valence-electron chi connectivity index (χ4n) is 4.17. The Labute approximate surface area is 170 Å². The minimum Gasteiger partial charge on any atom is -0.481 e. The molecule has 2 aromatic heterocycles. The van der Waals surface area contributed by atoms with Crippen LogP contribution >= 0.6 is 0 Å². The molecule has 6 heteroatoms. The highest BCUT2D eigenvalue weighted by atomic mass is 16.4. The Morgan fingerprint density at radius 3 is 2.69 bits per heavy atom. The molecule has 1 aliphatic rings. The third kappa shape index (κ3) is 4.36. The number of para-hydroxylation sites is 1. The van der Waals surface area contributed by atoms with Crippen LogP contribution in [0.15, 0.2) is 28.7 Å². The summed E-state index contributed by atoms with van der Waals surface area (Å²) in [7, 11) is 0. The summed E-state index contributed by atoms with van der Waals surface area (Å²) >= 11 is 0. The van der Waals surface area contributed by atoms with Crippen molar-refractivity contribution in [3.63, 3.8) is 0 Å². The molecule has 1 N–H and O–H groups in total. The second kappa shape index (κ2) is 8.01. The summed E-state index contributed by atoms with van der Waals surface area (Å²) in [6.07, 6.45) is 5.94. The molecule has 29 heavy (non-hydrogen) atoms. The largest absolute Gasteiger partial charge is 0.481 e. The Kier molecular flexibility index (Phi) is 5.43. The van der Waals surface area contributed by atoms with Crippen LogP contribution in [0.25, 0.3) is 22.1 Å². The number of hydrogen-bond acceptors (Lipinski definition) is 5. The molecule has 4 rings (SSSR count). The van der Waals surface area contributed by atoms with Crippen molar-refractivity contribution in [1.82, 2.24) is 9.97 Å². The SMILES string of the molecule is CC(C)(CCCc1nc(N2CCCC2)c2oc3ccccc3c2n1)CCC(=O)O. The van der Waals surface area contributed by atoms with Crippen LogP contribution in [0, 0.1) is 5.41 Å². The fraction of sp³-hybridized carbons (Fsp3) is 0.522. The van der Waals surface area contributed by atoms with Gasteiger partial charge >= 0.3 is 5.97 Å². The highest BCUT2D eigenvalue weighted by Gasteiger charge is 2.23. The average molecular weight is 396 g/mol. The maximum Gasteiger partial charge on any atom is 0.303 e. The fourth-order valence-corrected chi connectivity index (χ4v) is 4.17. The summed E-state index contributed by atoms with van der Waals surface area (Å²) in [4.78, 5) is 23.0. The summed E-state index contributed by atoms with van der Waals surface area (Å²) in [5.74, 6) is 1.04.